The summed E-state index contributed by atoms with van der Waals surface area (Å²) in [6, 6.07) is 22.1. The van der Waals surface area contributed by atoms with Gasteiger partial charge >= 0.3 is 0 Å². The lowest BCUT2D eigenvalue weighted by Crippen LogP contribution is -1.85. The van der Waals surface area contributed by atoms with Gasteiger partial charge in [-0.05, 0) is 41.7 Å². The molecular weight excluding hydrogens is 302 g/mol. The van der Waals surface area contributed by atoms with Crippen molar-refractivity contribution in [1.29, 1.82) is 0 Å². The highest BCUT2D eigenvalue weighted by Gasteiger charge is 1.98. The maximum absolute atomic E-state index is 5.91. The maximum Gasteiger partial charge on any atom is 0.113 e. The number of hydrogen-bond donors (Lipinski definition) is 0. The topological polar surface area (TPSA) is 12.9 Å². The molecule has 112 valence electrons. The third-order valence-corrected chi connectivity index (χ3v) is 3.79. The van der Waals surface area contributed by atoms with Crippen molar-refractivity contribution in [1.82, 2.24) is 4.98 Å². The van der Waals surface area contributed by atoms with Gasteiger partial charge in [0, 0.05) is 23.2 Å². The second kappa shape index (κ2) is 7.63. The average molecular weight is 318 g/mol. The number of hydrogen-bond acceptors (Lipinski definition) is 1. The number of nitrogens with zero attached hydrogens (tertiary/aromatic N) is 1. The van der Waals surface area contributed by atoms with Crippen LogP contribution in [0.4, 0.5) is 0 Å². The van der Waals surface area contributed by atoms with Crippen LogP contribution in [0.15, 0.2) is 72.9 Å². The van der Waals surface area contributed by atoms with Gasteiger partial charge in [0.05, 0.1) is 0 Å². The molecule has 0 amide bonds. The van der Waals surface area contributed by atoms with Crippen molar-refractivity contribution in [3.8, 4) is 23.0 Å². The molecule has 1 heterocycles. The molecule has 2 aromatic carbocycles. The third-order valence-electron chi connectivity index (χ3n) is 3.54. The molecule has 0 unspecified atom stereocenters. The van der Waals surface area contributed by atoms with Gasteiger partial charge in [-0.3, -0.25) is 0 Å². The van der Waals surface area contributed by atoms with E-state index < -0.39 is 0 Å². The Hall–Kier alpha value is -2.56. The summed E-state index contributed by atoms with van der Waals surface area (Å²) in [4.78, 5) is 4.42. The molecule has 0 radical (unpaired) electrons. The highest BCUT2D eigenvalue weighted by Crippen LogP contribution is 2.20. The Bertz CT molecular complexity index is 810. The summed E-state index contributed by atoms with van der Waals surface area (Å²) < 4.78 is 0. The number of aryl methyl sites for hydroxylation is 1. The minimum atomic E-state index is 0.739. The van der Waals surface area contributed by atoms with Crippen LogP contribution in [0.2, 0.25) is 5.02 Å². The van der Waals surface area contributed by atoms with Crippen molar-refractivity contribution in [2.24, 2.45) is 0 Å². The fourth-order valence-corrected chi connectivity index (χ4v) is 2.41. The van der Waals surface area contributed by atoms with Gasteiger partial charge in [-0.25, -0.2) is 4.98 Å². The van der Waals surface area contributed by atoms with E-state index in [2.05, 4.69) is 41.1 Å². The first kappa shape index (κ1) is 15.3. The van der Waals surface area contributed by atoms with Crippen LogP contribution in [0.3, 0.4) is 0 Å². The standard InChI is InChI=1S/C21H16ClN/c22-20-13-10-18(11-14-20)19-12-15-21(23-16-19)9-5-4-8-17-6-2-1-3-7-17/h1-3,6-7,10-16H,4,8H2. The second-order valence-electron chi connectivity index (χ2n) is 5.23. The van der Waals surface area contributed by atoms with E-state index in [1.54, 1.807) is 0 Å². The van der Waals surface area contributed by atoms with E-state index >= 15 is 0 Å². The molecule has 0 bridgehead atoms. The Kier molecular flexibility index (Phi) is 5.09. The van der Waals surface area contributed by atoms with Gasteiger partial charge in [-0.15, -0.1) is 0 Å². The normalized spacial score (nSPS) is 9.96. The Morgan fingerprint density at radius 1 is 0.826 bits per heavy atom. The smallest absolute Gasteiger partial charge is 0.113 e. The quantitative estimate of drug-likeness (QED) is 0.590. The summed E-state index contributed by atoms with van der Waals surface area (Å²) in [7, 11) is 0. The Morgan fingerprint density at radius 3 is 2.26 bits per heavy atom. The van der Waals surface area contributed by atoms with Crippen molar-refractivity contribution in [3.63, 3.8) is 0 Å². The molecule has 0 N–H and O–H groups in total. The molecule has 2 heteroatoms. The predicted octanol–water partition coefficient (Wildman–Crippen LogP) is 5.39. The molecule has 0 atom stereocenters. The van der Waals surface area contributed by atoms with E-state index in [9.17, 15) is 0 Å². The van der Waals surface area contributed by atoms with E-state index in [4.69, 9.17) is 11.6 Å². The fourth-order valence-electron chi connectivity index (χ4n) is 2.29. The van der Waals surface area contributed by atoms with Crippen molar-refractivity contribution in [2.75, 3.05) is 0 Å². The van der Waals surface area contributed by atoms with Crippen LogP contribution in [0.5, 0.6) is 0 Å². The number of aromatic nitrogens is 1. The van der Waals surface area contributed by atoms with Crippen LogP contribution in [0.25, 0.3) is 11.1 Å². The predicted molar refractivity (Wildman–Crippen MR) is 96.3 cm³/mol. The Morgan fingerprint density at radius 2 is 1.57 bits per heavy atom. The maximum atomic E-state index is 5.91. The highest BCUT2D eigenvalue weighted by atomic mass is 35.5. The summed E-state index contributed by atoms with van der Waals surface area (Å²) in [6.07, 6.45) is 3.66. The van der Waals surface area contributed by atoms with Crippen LogP contribution < -0.4 is 0 Å². The summed E-state index contributed by atoms with van der Waals surface area (Å²) >= 11 is 5.91. The molecule has 0 fully saturated rings. The molecule has 0 saturated heterocycles. The van der Waals surface area contributed by atoms with Crippen LogP contribution in [-0.2, 0) is 6.42 Å². The SMILES string of the molecule is Clc1ccc(-c2ccc(C#CCCc3ccccc3)nc2)cc1. The first-order chi connectivity index (χ1) is 11.3. The number of rotatable bonds is 3. The Labute approximate surface area is 142 Å². The second-order valence-corrected chi connectivity index (χ2v) is 5.66. The summed E-state index contributed by atoms with van der Waals surface area (Å²) in [5.41, 5.74) is 4.28. The molecule has 1 nitrogen and oxygen atoms in total. The molecule has 0 saturated carbocycles. The van der Waals surface area contributed by atoms with E-state index in [0.717, 1.165) is 34.7 Å². The molecule has 3 rings (SSSR count). The van der Waals surface area contributed by atoms with Gasteiger partial charge in [-0.1, -0.05) is 66.1 Å². The number of benzene rings is 2. The molecule has 3 aromatic rings. The Balaban J connectivity index is 1.62. The molecule has 1 aromatic heterocycles. The van der Waals surface area contributed by atoms with Crippen molar-refractivity contribution in [2.45, 2.75) is 12.8 Å². The summed E-state index contributed by atoms with van der Waals surface area (Å²) in [5.74, 6) is 6.31. The molecule has 0 aliphatic rings. The zero-order chi connectivity index (χ0) is 15.9. The minimum Gasteiger partial charge on any atom is -0.247 e. The first-order valence-electron chi connectivity index (χ1n) is 7.56. The van der Waals surface area contributed by atoms with E-state index in [1.807, 2.05) is 48.7 Å². The molecule has 0 spiro atoms. The lowest BCUT2D eigenvalue weighted by Gasteiger charge is -2.01. The molecule has 0 aliphatic heterocycles. The van der Waals surface area contributed by atoms with Gasteiger partial charge in [0.25, 0.3) is 0 Å². The van der Waals surface area contributed by atoms with Crippen molar-refractivity contribution >= 4 is 11.6 Å². The third kappa shape index (κ3) is 4.45. The van der Waals surface area contributed by atoms with Gasteiger partial charge in [0.1, 0.15) is 5.69 Å². The zero-order valence-electron chi connectivity index (χ0n) is 12.7. The van der Waals surface area contributed by atoms with Gasteiger partial charge in [-0.2, -0.15) is 0 Å². The number of pyridine rings is 1. The van der Waals surface area contributed by atoms with Crippen LogP contribution in [0.1, 0.15) is 17.7 Å². The first-order valence-corrected chi connectivity index (χ1v) is 7.94. The van der Waals surface area contributed by atoms with Crippen LogP contribution >= 0.6 is 11.6 Å². The van der Waals surface area contributed by atoms with Crippen LogP contribution in [0, 0.1) is 11.8 Å². The van der Waals surface area contributed by atoms with Gasteiger partial charge in [0.15, 0.2) is 0 Å². The van der Waals surface area contributed by atoms with E-state index in [1.165, 1.54) is 5.56 Å². The molecule has 23 heavy (non-hydrogen) atoms. The van der Waals surface area contributed by atoms with E-state index in [0.29, 0.717) is 0 Å². The van der Waals surface area contributed by atoms with Gasteiger partial charge < -0.3 is 0 Å². The summed E-state index contributed by atoms with van der Waals surface area (Å²) in [6.45, 7) is 0. The van der Waals surface area contributed by atoms with Crippen molar-refractivity contribution < 1.29 is 0 Å². The zero-order valence-corrected chi connectivity index (χ0v) is 13.4. The van der Waals surface area contributed by atoms with E-state index in [-0.39, 0.29) is 0 Å². The fraction of sp³-hybridized carbons (Fsp3) is 0.0952. The average Bonchev–Trinajstić information content (AvgIpc) is 2.61. The van der Waals surface area contributed by atoms with Crippen molar-refractivity contribution in [3.05, 3.63) is 89.2 Å². The summed E-state index contributed by atoms with van der Waals surface area (Å²) in [5, 5.41) is 0.739. The van der Waals surface area contributed by atoms with Crippen LogP contribution in [-0.4, -0.2) is 4.98 Å². The highest BCUT2D eigenvalue weighted by molar-refractivity contribution is 6.30. The minimum absolute atomic E-state index is 0.739. The molecular formula is C21H16ClN. The van der Waals surface area contributed by atoms with Gasteiger partial charge in [0.2, 0.25) is 0 Å². The lowest BCUT2D eigenvalue weighted by molar-refractivity contribution is 1.03. The lowest BCUT2D eigenvalue weighted by atomic mass is 10.1. The molecule has 0 aliphatic carbocycles. The monoisotopic (exact) mass is 317 g/mol. The number of halogens is 1. The largest absolute Gasteiger partial charge is 0.247 e.